The summed E-state index contributed by atoms with van der Waals surface area (Å²) in [6, 6.07) is 15.0. The zero-order chi connectivity index (χ0) is 21.8. The van der Waals surface area contributed by atoms with Crippen molar-refractivity contribution in [2.24, 2.45) is 5.92 Å². The molecule has 0 saturated carbocycles. The van der Waals surface area contributed by atoms with E-state index in [0.29, 0.717) is 30.7 Å². The summed E-state index contributed by atoms with van der Waals surface area (Å²) < 4.78 is 1.77. The van der Waals surface area contributed by atoms with Gasteiger partial charge in [-0.2, -0.15) is 5.10 Å². The van der Waals surface area contributed by atoms with Crippen molar-refractivity contribution in [1.82, 2.24) is 19.7 Å². The van der Waals surface area contributed by atoms with Crippen molar-refractivity contribution in [2.75, 3.05) is 0 Å². The molecule has 0 aliphatic heterocycles. The van der Waals surface area contributed by atoms with Gasteiger partial charge in [0.05, 0.1) is 23.6 Å². The molecule has 0 fully saturated rings. The lowest BCUT2D eigenvalue weighted by molar-refractivity contribution is 0.0962. The number of benzene rings is 1. The molecule has 31 heavy (non-hydrogen) atoms. The molecular weight excluding hydrogens is 388 g/mol. The summed E-state index contributed by atoms with van der Waals surface area (Å²) in [6.07, 6.45) is 6.73. The van der Waals surface area contributed by atoms with Crippen LogP contribution in [0.5, 0.6) is 0 Å². The highest BCUT2D eigenvalue weighted by atomic mass is 16.1. The van der Waals surface area contributed by atoms with Gasteiger partial charge >= 0.3 is 0 Å². The van der Waals surface area contributed by atoms with Gasteiger partial charge in [0.1, 0.15) is 11.4 Å². The second kappa shape index (κ2) is 9.00. The molecule has 4 aromatic rings. The third-order valence-electron chi connectivity index (χ3n) is 5.03. The highest BCUT2D eigenvalue weighted by Gasteiger charge is 2.14. The Morgan fingerprint density at radius 1 is 0.968 bits per heavy atom. The van der Waals surface area contributed by atoms with Gasteiger partial charge in [-0.15, -0.1) is 0 Å². The standard InChI is InChI=1S/C25H24N4O2/c1-17(2)12-25(31)23-9-5-8-22(28-23)24(30)11-10-18-14-27-29(16-18)20-13-19-6-3-4-7-21(19)26-15-20/h3-9,13-17H,10-12H2,1-2H3. The Bertz CT molecular complexity index is 1240. The van der Waals surface area contributed by atoms with Crippen LogP contribution in [0.15, 0.2) is 67.1 Å². The first-order valence-corrected chi connectivity index (χ1v) is 10.4. The third-order valence-corrected chi connectivity index (χ3v) is 5.03. The van der Waals surface area contributed by atoms with E-state index in [1.54, 1.807) is 35.3 Å². The molecule has 1 aromatic carbocycles. The molecule has 4 rings (SSSR count). The fraction of sp³-hybridized carbons (Fsp3) is 0.240. The molecule has 0 amide bonds. The zero-order valence-corrected chi connectivity index (χ0v) is 17.7. The Morgan fingerprint density at radius 3 is 2.55 bits per heavy atom. The number of aromatic nitrogens is 4. The molecule has 6 nitrogen and oxygen atoms in total. The minimum Gasteiger partial charge on any atom is -0.292 e. The molecule has 0 atom stereocenters. The van der Waals surface area contributed by atoms with Gasteiger partial charge < -0.3 is 0 Å². The van der Waals surface area contributed by atoms with E-state index in [0.717, 1.165) is 22.2 Å². The van der Waals surface area contributed by atoms with Gasteiger partial charge in [-0.1, -0.05) is 38.1 Å². The number of rotatable bonds is 8. The quantitative estimate of drug-likeness (QED) is 0.386. The largest absolute Gasteiger partial charge is 0.292 e. The number of carbonyl (C=O) groups is 2. The Hall–Kier alpha value is -3.67. The van der Waals surface area contributed by atoms with Crippen molar-refractivity contribution < 1.29 is 9.59 Å². The number of aryl methyl sites for hydroxylation is 1. The Kier molecular flexibility index (Phi) is 5.98. The van der Waals surface area contributed by atoms with E-state index in [2.05, 4.69) is 15.1 Å². The number of hydrogen-bond donors (Lipinski definition) is 0. The topological polar surface area (TPSA) is 77.7 Å². The average molecular weight is 412 g/mol. The predicted molar refractivity (Wildman–Crippen MR) is 120 cm³/mol. The summed E-state index contributed by atoms with van der Waals surface area (Å²) in [5.74, 6) is 0.136. The van der Waals surface area contributed by atoms with Gasteiger partial charge in [0.15, 0.2) is 11.6 Å². The second-order valence-corrected chi connectivity index (χ2v) is 8.03. The Balaban J connectivity index is 1.42. The SMILES string of the molecule is CC(C)CC(=O)c1cccc(C(=O)CCc2cnn(-c3cnc4ccccc4c3)c2)n1. The van der Waals surface area contributed by atoms with Crippen molar-refractivity contribution in [1.29, 1.82) is 0 Å². The van der Waals surface area contributed by atoms with Gasteiger partial charge in [0, 0.05) is 24.4 Å². The van der Waals surface area contributed by atoms with Gasteiger partial charge in [-0.3, -0.25) is 14.6 Å². The molecule has 0 spiro atoms. The summed E-state index contributed by atoms with van der Waals surface area (Å²) in [6.45, 7) is 3.97. The van der Waals surface area contributed by atoms with Crippen molar-refractivity contribution >= 4 is 22.5 Å². The molecule has 3 heterocycles. The molecule has 3 aromatic heterocycles. The first kappa shape index (κ1) is 20.6. The van der Waals surface area contributed by atoms with E-state index in [1.165, 1.54) is 0 Å². The number of nitrogens with zero attached hydrogens (tertiary/aromatic N) is 4. The molecule has 0 aliphatic rings. The van der Waals surface area contributed by atoms with Crippen LogP contribution >= 0.6 is 0 Å². The van der Waals surface area contributed by atoms with Crippen LogP contribution in [0.2, 0.25) is 0 Å². The number of Topliss-reactive ketones (excluding diaryl/α,β-unsaturated/α-hetero) is 2. The van der Waals surface area contributed by atoms with E-state index < -0.39 is 0 Å². The van der Waals surface area contributed by atoms with E-state index in [-0.39, 0.29) is 17.5 Å². The van der Waals surface area contributed by atoms with E-state index in [4.69, 9.17) is 0 Å². The van der Waals surface area contributed by atoms with E-state index in [1.807, 2.05) is 50.4 Å². The van der Waals surface area contributed by atoms with Crippen LogP contribution in [0.1, 0.15) is 53.2 Å². The van der Waals surface area contributed by atoms with Crippen LogP contribution in [0.3, 0.4) is 0 Å². The highest BCUT2D eigenvalue weighted by molar-refractivity contribution is 5.98. The maximum absolute atomic E-state index is 12.6. The van der Waals surface area contributed by atoms with Gasteiger partial charge in [0.25, 0.3) is 0 Å². The summed E-state index contributed by atoms with van der Waals surface area (Å²) in [5, 5.41) is 5.46. The van der Waals surface area contributed by atoms with E-state index in [9.17, 15) is 9.59 Å². The van der Waals surface area contributed by atoms with Crippen LogP contribution in [0.4, 0.5) is 0 Å². The lowest BCUT2D eigenvalue weighted by atomic mass is 10.0. The lowest BCUT2D eigenvalue weighted by Crippen LogP contribution is -2.10. The van der Waals surface area contributed by atoms with Crippen molar-refractivity contribution in [3.05, 3.63) is 84.1 Å². The highest BCUT2D eigenvalue weighted by Crippen LogP contribution is 2.17. The smallest absolute Gasteiger partial charge is 0.181 e. The molecule has 156 valence electrons. The van der Waals surface area contributed by atoms with Gasteiger partial charge in [-0.05, 0) is 42.2 Å². The lowest BCUT2D eigenvalue weighted by Gasteiger charge is -2.05. The Morgan fingerprint density at radius 2 is 1.74 bits per heavy atom. The molecule has 0 saturated heterocycles. The van der Waals surface area contributed by atoms with Crippen LogP contribution in [-0.4, -0.2) is 31.3 Å². The van der Waals surface area contributed by atoms with Crippen LogP contribution in [-0.2, 0) is 6.42 Å². The minimum absolute atomic E-state index is 0.0325. The third kappa shape index (κ3) is 4.91. The molecular formula is C25H24N4O2. The molecule has 0 bridgehead atoms. The van der Waals surface area contributed by atoms with Crippen LogP contribution < -0.4 is 0 Å². The van der Waals surface area contributed by atoms with Crippen LogP contribution in [0.25, 0.3) is 16.6 Å². The number of ketones is 2. The normalized spacial score (nSPS) is 11.2. The van der Waals surface area contributed by atoms with E-state index >= 15 is 0 Å². The first-order chi connectivity index (χ1) is 15.0. The Labute approximate surface area is 181 Å². The van der Waals surface area contributed by atoms with Gasteiger partial charge in [0.2, 0.25) is 0 Å². The monoisotopic (exact) mass is 412 g/mol. The summed E-state index contributed by atoms with van der Waals surface area (Å²) in [7, 11) is 0. The number of fused-ring (bicyclic) bond motifs is 1. The molecule has 0 aliphatic carbocycles. The fourth-order valence-corrected chi connectivity index (χ4v) is 3.42. The van der Waals surface area contributed by atoms with Crippen LogP contribution in [0, 0.1) is 5.92 Å². The van der Waals surface area contributed by atoms with Crippen molar-refractivity contribution in [3.63, 3.8) is 0 Å². The average Bonchev–Trinajstić information content (AvgIpc) is 3.26. The predicted octanol–water partition coefficient (Wildman–Crippen LogP) is 4.86. The van der Waals surface area contributed by atoms with Crippen molar-refractivity contribution in [3.8, 4) is 5.69 Å². The first-order valence-electron chi connectivity index (χ1n) is 10.4. The second-order valence-electron chi connectivity index (χ2n) is 8.03. The summed E-state index contributed by atoms with van der Waals surface area (Å²) in [4.78, 5) is 33.6. The number of carbonyl (C=O) groups excluding carboxylic acids is 2. The maximum Gasteiger partial charge on any atom is 0.181 e. The molecule has 0 unspecified atom stereocenters. The molecule has 0 radical (unpaired) electrons. The van der Waals surface area contributed by atoms with Gasteiger partial charge in [-0.25, -0.2) is 9.67 Å². The number of para-hydroxylation sites is 1. The van der Waals surface area contributed by atoms with Crippen molar-refractivity contribution in [2.45, 2.75) is 33.1 Å². The number of pyridine rings is 2. The summed E-state index contributed by atoms with van der Waals surface area (Å²) in [5.41, 5.74) is 3.45. The number of hydrogen-bond acceptors (Lipinski definition) is 5. The fourth-order valence-electron chi connectivity index (χ4n) is 3.42. The minimum atomic E-state index is -0.0840. The summed E-state index contributed by atoms with van der Waals surface area (Å²) >= 11 is 0. The molecule has 0 N–H and O–H groups in total. The molecule has 6 heteroatoms. The zero-order valence-electron chi connectivity index (χ0n) is 17.7. The maximum atomic E-state index is 12.6.